The van der Waals surface area contributed by atoms with Gasteiger partial charge in [-0.25, -0.2) is 9.37 Å². The second-order valence-corrected chi connectivity index (χ2v) is 5.42. The molecular weight excluding hydrogens is 273 g/mol. The molecule has 0 radical (unpaired) electrons. The Balaban J connectivity index is 1.83. The van der Waals surface area contributed by atoms with E-state index in [4.69, 9.17) is 0 Å². The van der Waals surface area contributed by atoms with Crippen molar-refractivity contribution in [3.8, 4) is 0 Å². The average Bonchev–Trinajstić information content (AvgIpc) is 2.87. The number of benzene rings is 2. The van der Waals surface area contributed by atoms with Crippen LogP contribution in [0.15, 0.2) is 58.8 Å². The van der Waals surface area contributed by atoms with Gasteiger partial charge in [0.25, 0.3) is 0 Å². The molecule has 3 nitrogen and oxygen atoms in total. The van der Waals surface area contributed by atoms with Crippen LogP contribution in [-0.4, -0.2) is 4.98 Å². The SMILES string of the molecule is CC(N=Nc1nc2ccc(F)cc2s1)c1ccccc1. The second kappa shape index (κ2) is 5.46. The number of halogens is 1. The lowest BCUT2D eigenvalue weighted by atomic mass is 10.1. The Labute approximate surface area is 119 Å². The molecule has 0 bridgehead atoms. The monoisotopic (exact) mass is 285 g/mol. The third-order valence-corrected chi connectivity index (χ3v) is 3.84. The van der Waals surface area contributed by atoms with Gasteiger partial charge in [0, 0.05) is 0 Å². The fourth-order valence-electron chi connectivity index (χ4n) is 1.86. The zero-order valence-electron chi connectivity index (χ0n) is 10.8. The van der Waals surface area contributed by atoms with Crippen molar-refractivity contribution in [2.45, 2.75) is 13.0 Å². The van der Waals surface area contributed by atoms with Crippen molar-refractivity contribution in [3.05, 3.63) is 59.9 Å². The van der Waals surface area contributed by atoms with E-state index < -0.39 is 0 Å². The largest absolute Gasteiger partial charge is 0.230 e. The molecule has 0 aliphatic carbocycles. The number of hydrogen-bond acceptors (Lipinski definition) is 4. The molecule has 0 aliphatic heterocycles. The summed E-state index contributed by atoms with van der Waals surface area (Å²) in [4.78, 5) is 4.31. The highest BCUT2D eigenvalue weighted by atomic mass is 32.1. The van der Waals surface area contributed by atoms with Crippen molar-refractivity contribution in [2.24, 2.45) is 10.2 Å². The highest BCUT2D eigenvalue weighted by Crippen LogP contribution is 2.29. The summed E-state index contributed by atoms with van der Waals surface area (Å²) in [6.45, 7) is 1.98. The molecule has 0 fully saturated rings. The molecule has 100 valence electrons. The lowest BCUT2D eigenvalue weighted by Gasteiger charge is -2.03. The molecule has 20 heavy (non-hydrogen) atoms. The van der Waals surface area contributed by atoms with Crippen LogP contribution in [0.25, 0.3) is 10.2 Å². The summed E-state index contributed by atoms with van der Waals surface area (Å²) < 4.78 is 13.9. The van der Waals surface area contributed by atoms with Gasteiger partial charge in [0.2, 0.25) is 5.13 Å². The van der Waals surface area contributed by atoms with Crippen LogP contribution in [0, 0.1) is 5.82 Å². The third kappa shape index (κ3) is 2.72. The first-order valence-corrected chi connectivity index (χ1v) is 7.06. The van der Waals surface area contributed by atoms with E-state index in [9.17, 15) is 4.39 Å². The molecule has 0 saturated heterocycles. The van der Waals surface area contributed by atoms with Gasteiger partial charge in [0.1, 0.15) is 5.82 Å². The maximum Gasteiger partial charge on any atom is 0.230 e. The van der Waals surface area contributed by atoms with Gasteiger partial charge < -0.3 is 0 Å². The van der Waals surface area contributed by atoms with Crippen molar-refractivity contribution < 1.29 is 4.39 Å². The van der Waals surface area contributed by atoms with Crippen molar-refractivity contribution in [2.75, 3.05) is 0 Å². The summed E-state index contributed by atoms with van der Waals surface area (Å²) in [6, 6.07) is 14.4. The van der Waals surface area contributed by atoms with Crippen LogP contribution in [0.5, 0.6) is 0 Å². The first kappa shape index (κ1) is 12.9. The van der Waals surface area contributed by atoms with Crippen LogP contribution >= 0.6 is 11.3 Å². The maximum atomic E-state index is 13.1. The summed E-state index contributed by atoms with van der Waals surface area (Å²) in [5.41, 5.74) is 1.85. The van der Waals surface area contributed by atoms with Crippen molar-refractivity contribution >= 4 is 26.7 Å². The number of fused-ring (bicyclic) bond motifs is 1. The van der Waals surface area contributed by atoms with E-state index in [1.807, 2.05) is 37.3 Å². The van der Waals surface area contributed by atoms with Crippen molar-refractivity contribution in [3.63, 3.8) is 0 Å². The smallest absolute Gasteiger partial charge is 0.217 e. The topological polar surface area (TPSA) is 37.6 Å². The molecule has 1 unspecified atom stereocenters. The molecule has 0 saturated carbocycles. The Bertz CT molecular complexity index is 752. The average molecular weight is 285 g/mol. The Kier molecular flexibility index (Phi) is 3.52. The molecule has 0 N–H and O–H groups in total. The standard InChI is InChI=1S/C15H12FN3S/c1-10(11-5-3-2-4-6-11)18-19-15-17-13-8-7-12(16)9-14(13)20-15/h2-10H,1H3. The van der Waals surface area contributed by atoms with Gasteiger partial charge in [0.05, 0.1) is 16.3 Å². The number of azo groups is 1. The van der Waals surface area contributed by atoms with Crippen LogP contribution in [0.2, 0.25) is 0 Å². The molecule has 1 aromatic heterocycles. The number of nitrogens with zero attached hydrogens (tertiary/aromatic N) is 3. The summed E-state index contributed by atoms with van der Waals surface area (Å²) in [6.07, 6.45) is 0. The zero-order chi connectivity index (χ0) is 13.9. The third-order valence-electron chi connectivity index (χ3n) is 2.94. The maximum absolute atomic E-state index is 13.1. The van der Waals surface area contributed by atoms with Crippen LogP contribution in [0.1, 0.15) is 18.5 Å². The van der Waals surface area contributed by atoms with Gasteiger partial charge in [-0.05, 0) is 30.7 Å². The highest BCUT2D eigenvalue weighted by molar-refractivity contribution is 7.21. The molecule has 1 heterocycles. The summed E-state index contributed by atoms with van der Waals surface area (Å²) >= 11 is 1.34. The number of aromatic nitrogens is 1. The quantitative estimate of drug-likeness (QED) is 0.603. The lowest BCUT2D eigenvalue weighted by molar-refractivity contribution is 0.630. The molecule has 3 rings (SSSR count). The molecule has 1 atom stereocenters. The van der Waals surface area contributed by atoms with Gasteiger partial charge in [-0.2, -0.15) is 5.11 Å². The lowest BCUT2D eigenvalue weighted by Crippen LogP contribution is -1.86. The Morgan fingerprint density at radius 3 is 2.75 bits per heavy atom. The van der Waals surface area contributed by atoms with E-state index >= 15 is 0 Å². The van der Waals surface area contributed by atoms with Crippen molar-refractivity contribution in [1.82, 2.24) is 4.98 Å². The summed E-state index contributed by atoms with van der Waals surface area (Å²) in [5, 5.41) is 8.97. The Morgan fingerprint density at radius 1 is 1.15 bits per heavy atom. The Morgan fingerprint density at radius 2 is 1.95 bits per heavy atom. The highest BCUT2D eigenvalue weighted by Gasteiger charge is 2.06. The number of hydrogen-bond donors (Lipinski definition) is 0. The number of rotatable bonds is 3. The van der Waals surface area contributed by atoms with Gasteiger partial charge in [0.15, 0.2) is 0 Å². The zero-order valence-corrected chi connectivity index (χ0v) is 11.6. The minimum atomic E-state index is -0.262. The molecule has 2 aromatic carbocycles. The molecular formula is C15H12FN3S. The fourth-order valence-corrected chi connectivity index (χ4v) is 2.68. The molecule has 5 heteroatoms. The van der Waals surface area contributed by atoms with Gasteiger partial charge in [-0.1, -0.05) is 41.7 Å². The van der Waals surface area contributed by atoms with E-state index in [-0.39, 0.29) is 11.9 Å². The predicted molar refractivity (Wildman–Crippen MR) is 79.0 cm³/mol. The number of thiazole rings is 1. The van der Waals surface area contributed by atoms with Crippen LogP contribution < -0.4 is 0 Å². The molecule has 0 spiro atoms. The fraction of sp³-hybridized carbons (Fsp3) is 0.133. The van der Waals surface area contributed by atoms with Gasteiger partial charge >= 0.3 is 0 Å². The van der Waals surface area contributed by atoms with Gasteiger partial charge in [-0.3, -0.25) is 0 Å². The van der Waals surface area contributed by atoms with E-state index in [0.29, 0.717) is 5.13 Å². The van der Waals surface area contributed by atoms with E-state index in [2.05, 4.69) is 15.2 Å². The normalized spacial score (nSPS) is 13.1. The van der Waals surface area contributed by atoms with Crippen LogP contribution in [-0.2, 0) is 0 Å². The van der Waals surface area contributed by atoms with E-state index in [1.165, 1.54) is 23.5 Å². The van der Waals surface area contributed by atoms with Crippen LogP contribution in [0.4, 0.5) is 9.52 Å². The molecule has 0 aliphatic rings. The van der Waals surface area contributed by atoms with Gasteiger partial charge in [-0.15, -0.1) is 5.11 Å². The van der Waals surface area contributed by atoms with Crippen molar-refractivity contribution in [1.29, 1.82) is 0 Å². The second-order valence-electron chi connectivity index (χ2n) is 4.41. The minimum Gasteiger partial charge on any atom is -0.217 e. The van der Waals surface area contributed by atoms with Crippen LogP contribution in [0.3, 0.4) is 0 Å². The first-order chi connectivity index (χ1) is 9.72. The van der Waals surface area contributed by atoms with E-state index in [0.717, 1.165) is 15.8 Å². The Hall–Kier alpha value is -2.14. The van der Waals surface area contributed by atoms with E-state index in [1.54, 1.807) is 6.07 Å². The molecule has 3 aromatic rings. The summed E-state index contributed by atoms with van der Waals surface area (Å²) in [7, 11) is 0. The molecule has 0 amide bonds. The first-order valence-electron chi connectivity index (χ1n) is 6.24. The summed E-state index contributed by atoms with van der Waals surface area (Å²) in [5.74, 6) is -0.262. The predicted octanol–water partition coefficient (Wildman–Crippen LogP) is 5.28. The minimum absolute atomic E-state index is 0.0278.